The average molecular weight is 263 g/mol. The van der Waals surface area contributed by atoms with Crippen LogP contribution in [0.3, 0.4) is 0 Å². The number of rotatable bonds is 2. The number of thiophene rings is 1. The van der Waals surface area contributed by atoms with Crippen LogP contribution in [0.25, 0.3) is 10.2 Å². The van der Waals surface area contributed by atoms with Gasteiger partial charge < -0.3 is 5.32 Å². The molecule has 3 nitrogen and oxygen atoms in total. The predicted octanol–water partition coefficient (Wildman–Crippen LogP) is 4.04. The summed E-state index contributed by atoms with van der Waals surface area (Å²) in [7, 11) is 0. The van der Waals surface area contributed by atoms with E-state index in [9.17, 15) is 0 Å². The maximum Gasteiger partial charge on any atom is 0.138 e. The Morgan fingerprint density at radius 2 is 1.83 bits per heavy atom. The molecule has 0 saturated carbocycles. The highest BCUT2D eigenvalue weighted by Gasteiger charge is 2.21. The maximum absolute atomic E-state index is 4.74. The summed E-state index contributed by atoms with van der Waals surface area (Å²) in [5.74, 6) is 1.89. The highest BCUT2D eigenvalue weighted by atomic mass is 32.1. The molecule has 2 aromatic heterocycles. The lowest BCUT2D eigenvalue weighted by Gasteiger charge is -2.18. The molecule has 0 aliphatic carbocycles. The summed E-state index contributed by atoms with van der Waals surface area (Å²) in [6, 6.07) is 0. The molecule has 0 fully saturated rings. The van der Waals surface area contributed by atoms with Gasteiger partial charge in [0.05, 0.1) is 5.39 Å². The van der Waals surface area contributed by atoms with Crippen LogP contribution in [0, 0.1) is 13.8 Å². The minimum atomic E-state index is -0.0236. The highest BCUT2D eigenvalue weighted by molar-refractivity contribution is 7.18. The zero-order valence-corrected chi connectivity index (χ0v) is 12.8. The van der Waals surface area contributed by atoms with Gasteiger partial charge in [-0.3, -0.25) is 0 Å². The Labute approximate surface area is 113 Å². The minimum absolute atomic E-state index is 0.0236. The first kappa shape index (κ1) is 13.3. The van der Waals surface area contributed by atoms with Crippen molar-refractivity contribution in [3.8, 4) is 0 Å². The minimum Gasteiger partial charge on any atom is -0.370 e. The van der Waals surface area contributed by atoms with Crippen molar-refractivity contribution in [3.63, 3.8) is 0 Å². The zero-order valence-electron chi connectivity index (χ0n) is 12.0. The summed E-state index contributed by atoms with van der Waals surface area (Å²) in [4.78, 5) is 11.9. The monoisotopic (exact) mass is 263 g/mol. The van der Waals surface area contributed by atoms with Gasteiger partial charge in [0.2, 0.25) is 0 Å². The van der Waals surface area contributed by atoms with Crippen LogP contribution in [0.2, 0.25) is 0 Å². The van der Waals surface area contributed by atoms with E-state index in [0.29, 0.717) is 0 Å². The second-order valence-electron chi connectivity index (χ2n) is 5.64. The molecule has 0 radical (unpaired) electrons. The molecular formula is C14H21N3S. The Morgan fingerprint density at radius 1 is 1.17 bits per heavy atom. The van der Waals surface area contributed by atoms with Crippen LogP contribution < -0.4 is 5.32 Å². The fourth-order valence-electron chi connectivity index (χ4n) is 1.88. The summed E-state index contributed by atoms with van der Waals surface area (Å²) in [6.07, 6.45) is 0. The van der Waals surface area contributed by atoms with Gasteiger partial charge in [-0.2, -0.15) is 0 Å². The third kappa shape index (κ3) is 2.21. The Morgan fingerprint density at radius 3 is 2.39 bits per heavy atom. The number of aryl methyl sites for hydroxylation is 2. The molecule has 1 N–H and O–H groups in total. The van der Waals surface area contributed by atoms with E-state index in [1.165, 1.54) is 15.8 Å². The molecule has 0 aliphatic rings. The van der Waals surface area contributed by atoms with Crippen molar-refractivity contribution >= 4 is 27.4 Å². The molecule has 0 aliphatic heterocycles. The van der Waals surface area contributed by atoms with Gasteiger partial charge >= 0.3 is 0 Å². The summed E-state index contributed by atoms with van der Waals surface area (Å²) in [6.45, 7) is 13.7. The van der Waals surface area contributed by atoms with Gasteiger partial charge in [0.1, 0.15) is 16.5 Å². The molecule has 0 aromatic carbocycles. The third-order valence-corrected chi connectivity index (χ3v) is 4.14. The highest BCUT2D eigenvalue weighted by Crippen LogP contribution is 2.34. The molecule has 2 rings (SSSR count). The van der Waals surface area contributed by atoms with E-state index >= 15 is 0 Å². The fraction of sp³-hybridized carbons (Fsp3) is 0.571. The lowest BCUT2D eigenvalue weighted by molar-refractivity contribution is 0.549. The molecule has 4 heteroatoms. The SMILES string of the molecule is CCNc1nc(C(C)(C)C)nc2sc(C)c(C)c12. The molecule has 0 spiro atoms. The second kappa shape index (κ2) is 4.50. The lowest BCUT2D eigenvalue weighted by Crippen LogP contribution is -2.17. The summed E-state index contributed by atoms with van der Waals surface area (Å²) >= 11 is 1.76. The van der Waals surface area contributed by atoms with Crippen molar-refractivity contribution in [1.29, 1.82) is 0 Å². The van der Waals surface area contributed by atoms with Gasteiger partial charge in [0, 0.05) is 16.8 Å². The van der Waals surface area contributed by atoms with Gasteiger partial charge in [-0.1, -0.05) is 20.8 Å². The number of nitrogens with zero attached hydrogens (tertiary/aromatic N) is 2. The Hall–Kier alpha value is -1.16. The normalized spacial score (nSPS) is 12.1. The van der Waals surface area contributed by atoms with Crippen molar-refractivity contribution < 1.29 is 0 Å². The van der Waals surface area contributed by atoms with Crippen molar-refractivity contribution in [2.75, 3.05) is 11.9 Å². The van der Waals surface area contributed by atoms with Crippen LogP contribution in [0.15, 0.2) is 0 Å². The van der Waals surface area contributed by atoms with Crippen LogP contribution in [-0.2, 0) is 5.41 Å². The average Bonchev–Trinajstić information content (AvgIpc) is 2.54. The van der Waals surface area contributed by atoms with Crippen molar-refractivity contribution in [2.24, 2.45) is 0 Å². The Bertz CT molecular complexity index is 579. The van der Waals surface area contributed by atoms with E-state index in [0.717, 1.165) is 23.0 Å². The van der Waals surface area contributed by atoms with Crippen LogP contribution in [0.4, 0.5) is 5.82 Å². The number of anilines is 1. The first-order valence-electron chi connectivity index (χ1n) is 6.36. The van der Waals surface area contributed by atoms with Gasteiger partial charge in [-0.05, 0) is 26.3 Å². The number of hydrogen-bond acceptors (Lipinski definition) is 4. The number of hydrogen-bond donors (Lipinski definition) is 1. The zero-order chi connectivity index (χ0) is 13.5. The molecule has 0 saturated heterocycles. The molecule has 2 heterocycles. The second-order valence-corrected chi connectivity index (χ2v) is 6.84. The fourth-order valence-corrected chi connectivity index (χ4v) is 2.91. The third-order valence-electron chi connectivity index (χ3n) is 3.04. The summed E-state index contributed by atoms with van der Waals surface area (Å²) < 4.78 is 0. The molecular weight excluding hydrogens is 242 g/mol. The van der Waals surface area contributed by atoms with Gasteiger partial charge in [-0.25, -0.2) is 9.97 Å². The molecule has 0 amide bonds. The van der Waals surface area contributed by atoms with Gasteiger partial charge in [0.15, 0.2) is 0 Å². The van der Waals surface area contributed by atoms with E-state index in [1.54, 1.807) is 11.3 Å². The van der Waals surface area contributed by atoms with Crippen LogP contribution in [-0.4, -0.2) is 16.5 Å². The van der Waals surface area contributed by atoms with E-state index in [2.05, 4.69) is 46.9 Å². The van der Waals surface area contributed by atoms with Crippen LogP contribution >= 0.6 is 11.3 Å². The van der Waals surface area contributed by atoms with Crippen LogP contribution in [0.5, 0.6) is 0 Å². The number of nitrogens with one attached hydrogen (secondary N) is 1. The summed E-state index contributed by atoms with van der Waals surface area (Å²) in [5, 5.41) is 4.56. The molecule has 98 valence electrons. The smallest absolute Gasteiger partial charge is 0.138 e. The molecule has 18 heavy (non-hydrogen) atoms. The van der Waals surface area contributed by atoms with Crippen molar-refractivity contribution in [3.05, 3.63) is 16.3 Å². The maximum atomic E-state index is 4.74. The van der Waals surface area contributed by atoms with E-state index in [4.69, 9.17) is 9.97 Å². The lowest BCUT2D eigenvalue weighted by atomic mass is 9.95. The Kier molecular flexibility index (Phi) is 3.32. The van der Waals surface area contributed by atoms with E-state index < -0.39 is 0 Å². The topological polar surface area (TPSA) is 37.8 Å². The summed E-state index contributed by atoms with van der Waals surface area (Å²) in [5.41, 5.74) is 1.27. The first-order valence-corrected chi connectivity index (χ1v) is 7.18. The standard InChI is InChI=1S/C14H21N3S/c1-7-15-11-10-8(2)9(3)18-12(10)17-13(16-11)14(4,5)6/h7H2,1-6H3,(H,15,16,17). The Balaban J connectivity index is 2.74. The predicted molar refractivity (Wildman–Crippen MR) is 79.8 cm³/mol. The molecule has 2 aromatic rings. The van der Waals surface area contributed by atoms with Gasteiger partial charge in [-0.15, -0.1) is 11.3 Å². The van der Waals surface area contributed by atoms with Crippen LogP contribution in [0.1, 0.15) is 44.0 Å². The molecule has 0 bridgehead atoms. The number of fused-ring (bicyclic) bond motifs is 1. The van der Waals surface area contributed by atoms with Crippen molar-refractivity contribution in [1.82, 2.24) is 9.97 Å². The first-order chi connectivity index (χ1) is 8.34. The number of aromatic nitrogens is 2. The largest absolute Gasteiger partial charge is 0.370 e. The van der Waals surface area contributed by atoms with Crippen molar-refractivity contribution in [2.45, 2.75) is 47.0 Å². The van der Waals surface area contributed by atoms with E-state index in [-0.39, 0.29) is 5.41 Å². The molecule has 0 atom stereocenters. The quantitative estimate of drug-likeness (QED) is 0.888. The van der Waals surface area contributed by atoms with E-state index in [1.807, 2.05) is 0 Å². The molecule has 0 unspecified atom stereocenters. The van der Waals surface area contributed by atoms with Gasteiger partial charge in [0.25, 0.3) is 0 Å².